The standard InChI is InChI=1S/C13H16N2O5/c1-2-9(13(17)18)7-8-12(16)14-10-5-3-4-6-11(10)15(19)20/h3-6,9H,2,7-8H2,1H3,(H,14,16)(H,17,18)/t9-/m0/s1. The zero-order valence-electron chi connectivity index (χ0n) is 11.0. The molecule has 7 heteroatoms. The third-order valence-electron chi connectivity index (χ3n) is 2.94. The van der Waals surface area contributed by atoms with Gasteiger partial charge in [0.2, 0.25) is 5.91 Å². The highest BCUT2D eigenvalue weighted by Crippen LogP contribution is 2.23. The summed E-state index contributed by atoms with van der Waals surface area (Å²) < 4.78 is 0. The Morgan fingerprint density at radius 1 is 1.40 bits per heavy atom. The number of carboxylic acids is 1. The third kappa shape index (κ3) is 4.34. The average molecular weight is 280 g/mol. The summed E-state index contributed by atoms with van der Waals surface area (Å²) in [5, 5.41) is 22.1. The number of hydrogen-bond donors (Lipinski definition) is 2. The predicted molar refractivity (Wildman–Crippen MR) is 72.4 cm³/mol. The van der Waals surface area contributed by atoms with Gasteiger partial charge in [0.15, 0.2) is 0 Å². The molecule has 0 aromatic heterocycles. The van der Waals surface area contributed by atoms with E-state index in [0.29, 0.717) is 6.42 Å². The van der Waals surface area contributed by atoms with Crippen LogP contribution in [-0.2, 0) is 9.59 Å². The van der Waals surface area contributed by atoms with Crippen LogP contribution in [0.3, 0.4) is 0 Å². The van der Waals surface area contributed by atoms with Crippen LogP contribution in [0.25, 0.3) is 0 Å². The zero-order valence-corrected chi connectivity index (χ0v) is 11.0. The summed E-state index contributed by atoms with van der Waals surface area (Å²) in [7, 11) is 0. The molecule has 1 aromatic carbocycles. The van der Waals surface area contributed by atoms with Gasteiger partial charge in [-0.05, 0) is 18.9 Å². The van der Waals surface area contributed by atoms with Crippen molar-refractivity contribution in [3.05, 3.63) is 34.4 Å². The number of carbonyl (C=O) groups is 2. The summed E-state index contributed by atoms with van der Waals surface area (Å²) in [6, 6.07) is 5.81. The molecule has 1 amide bonds. The van der Waals surface area contributed by atoms with Gasteiger partial charge in [-0.15, -0.1) is 0 Å². The molecule has 0 radical (unpaired) electrons. The molecule has 0 heterocycles. The smallest absolute Gasteiger partial charge is 0.306 e. The van der Waals surface area contributed by atoms with Crippen LogP contribution in [0.5, 0.6) is 0 Å². The maximum Gasteiger partial charge on any atom is 0.306 e. The zero-order chi connectivity index (χ0) is 15.1. The fraction of sp³-hybridized carbons (Fsp3) is 0.385. The quantitative estimate of drug-likeness (QED) is 0.588. The van der Waals surface area contributed by atoms with Crippen LogP contribution in [0, 0.1) is 16.0 Å². The van der Waals surface area contributed by atoms with E-state index in [1.54, 1.807) is 13.0 Å². The molecule has 1 aromatic rings. The molecule has 0 unspecified atom stereocenters. The first kappa shape index (κ1) is 15.6. The topological polar surface area (TPSA) is 110 Å². The SMILES string of the molecule is CC[C@@H](CCC(=O)Nc1ccccc1[N+](=O)[O-])C(=O)O. The molecule has 108 valence electrons. The van der Waals surface area contributed by atoms with Gasteiger partial charge in [0, 0.05) is 12.5 Å². The van der Waals surface area contributed by atoms with E-state index in [-0.39, 0.29) is 24.2 Å². The summed E-state index contributed by atoms with van der Waals surface area (Å²) >= 11 is 0. The lowest BCUT2D eigenvalue weighted by Crippen LogP contribution is -2.18. The number of carbonyl (C=O) groups excluding carboxylic acids is 1. The van der Waals surface area contributed by atoms with E-state index >= 15 is 0 Å². The van der Waals surface area contributed by atoms with E-state index in [1.165, 1.54) is 18.2 Å². The minimum atomic E-state index is -0.939. The van der Waals surface area contributed by atoms with Gasteiger partial charge in [-0.1, -0.05) is 19.1 Å². The average Bonchev–Trinajstić information content (AvgIpc) is 2.39. The number of anilines is 1. The number of nitrogens with one attached hydrogen (secondary N) is 1. The normalized spacial score (nSPS) is 11.7. The van der Waals surface area contributed by atoms with Gasteiger partial charge in [0.1, 0.15) is 5.69 Å². The number of hydrogen-bond acceptors (Lipinski definition) is 4. The molecule has 0 aliphatic heterocycles. The second kappa shape index (κ2) is 7.22. The number of para-hydroxylation sites is 2. The van der Waals surface area contributed by atoms with Crippen LogP contribution in [0.2, 0.25) is 0 Å². The van der Waals surface area contributed by atoms with Gasteiger partial charge in [-0.25, -0.2) is 0 Å². The molecule has 0 saturated heterocycles. The van der Waals surface area contributed by atoms with E-state index in [9.17, 15) is 19.7 Å². The molecular formula is C13H16N2O5. The van der Waals surface area contributed by atoms with Crippen molar-refractivity contribution in [1.29, 1.82) is 0 Å². The monoisotopic (exact) mass is 280 g/mol. The second-order valence-electron chi connectivity index (χ2n) is 4.30. The summed E-state index contributed by atoms with van der Waals surface area (Å²) in [6.07, 6.45) is 0.656. The summed E-state index contributed by atoms with van der Waals surface area (Å²) in [6.45, 7) is 1.73. The van der Waals surface area contributed by atoms with Gasteiger partial charge < -0.3 is 10.4 Å². The van der Waals surface area contributed by atoms with Crippen LogP contribution < -0.4 is 5.32 Å². The van der Waals surface area contributed by atoms with Crippen molar-refractivity contribution in [3.8, 4) is 0 Å². The van der Waals surface area contributed by atoms with Crippen molar-refractivity contribution in [2.24, 2.45) is 5.92 Å². The molecule has 1 atom stereocenters. The van der Waals surface area contributed by atoms with Crippen LogP contribution in [0.1, 0.15) is 26.2 Å². The van der Waals surface area contributed by atoms with Crippen molar-refractivity contribution >= 4 is 23.3 Å². The summed E-state index contributed by atoms with van der Waals surface area (Å²) in [5.41, 5.74) is -0.0722. The third-order valence-corrected chi connectivity index (χ3v) is 2.94. The first-order valence-corrected chi connectivity index (χ1v) is 6.21. The van der Waals surface area contributed by atoms with E-state index in [4.69, 9.17) is 5.11 Å². The Balaban J connectivity index is 2.63. The van der Waals surface area contributed by atoms with Gasteiger partial charge in [-0.3, -0.25) is 19.7 Å². The first-order valence-electron chi connectivity index (χ1n) is 6.21. The number of rotatable bonds is 7. The largest absolute Gasteiger partial charge is 0.481 e. The predicted octanol–water partition coefficient (Wildman–Crippen LogP) is 2.42. The molecule has 0 fully saturated rings. The van der Waals surface area contributed by atoms with Crippen molar-refractivity contribution in [3.63, 3.8) is 0 Å². The van der Waals surface area contributed by atoms with Crippen molar-refractivity contribution in [2.75, 3.05) is 5.32 Å². The summed E-state index contributed by atoms with van der Waals surface area (Å²) in [4.78, 5) is 32.7. The highest BCUT2D eigenvalue weighted by molar-refractivity contribution is 5.93. The van der Waals surface area contributed by atoms with E-state index in [1.807, 2.05) is 0 Å². The molecule has 0 aliphatic rings. The van der Waals surface area contributed by atoms with Crippen LogP contribution in [0.15, 0.2) is 24.3 Å². The fourth-order valence-corrected chi connectivity index (χ4v) is 1.76. The van der Waals surface area contributed by atoms with Gasteiger partial charge in [0.25, 0.3) is 5.69 Å². The first-order chi connectivity index (χ1) is 9.45. The van der Waals surface area contributed by atoms with Gasteiger partial charge in [0.05, 0.1) is 10.8 Å². The number of carboxylic acid groups (broad SMARTS) is 1. The Hall–Kier alpha value is -2.44. The molecule has 20 heavy (non-hydrogen) atoms. The molecular weight excluding hydrogens is 264 g/mol. The molecule has 2 N–H and O–H groups in total. The maximum absolute atomic E-state index is 11.7. The fourth-order valence-electron chi connectivity index (χ4n) is 1.76. The number of nitro groups is 1. The highest BCUT2D eigenvalue weighted by atomic mass is 16.6. The number of nitrogens with zero attached hydrogens (tertiary/aromatic N) is 1. The van der Waals surface area contributed by atoms with E-state index < -0.39 is 22.7 Å². The van der Waals surface area contributed by atoms with Crippen LogP contribution in [0.4, 0.5) is 11.4 Å². The van der Waals surface area contributed by atoms with E-state index in [0.717, 1.165) is 0 Å². The Kier molecular flexibility index (Phi) is 5.64. The molecule has 0 saturated carbocycles. The molecule has 7 nitrogen and oxygen atoms in total. The number of amides is 1. The Labute approximate surface area is 115 Å². The molecule has 0 bridgehead atoms. The highest BCUT2D eigenvalue weighted by Gasteiger charge is 2.18. The van der Waals surface area contributed by atoms with Crippen LogP contribution >= 0.6 is 0 Å². The second-order valence-corrected chi connectivity index (χ2v) is 4.30. The lowest BCUT2D eigenvalue weighted by molar-refractivity contribution is -0.383. The number of benzene rings is 1. The van der Waals surface area contributed by atoms with Crippen molar-refractivity contribution < 1.29 is 19.6 Å². The molecule has 0 spiro atoms. The summed E-state index contributed by atoms with van der Waals surface area (Å²) in [5.74, 6) is -1.95. The van der Waals surface area contributed by atoms with Crippen molar-refractivity contribution in [2.45, 2.75) is 26.2 Å². The van der Waals surface area contributed by atoms with Gasteiger partial charge >= 0.3 is 5.97 Å². The molecule has 1 rings (SSSR count). The molecule has 0 aliphatic carbocycles. The van der Waals surface area contributed by atoms with Crippen LogP contribution in [-0.4, -0.2) is 21.9 Å². The maximum atomic E-state index is 11.7. The Morgan fingerprint density at radius 2 is 2.05 bits per heavy atom. The van der Waals surface area contributed by atoms with Crippen molar-refractivity contribution in [1.82, 2.24) is 0 Å². The van der Waals surface area contributed by atoms with E-state index in [2.05, 4.69) is 5.32 Å². The lowest BCUT2D eigenvalue weighted by Gasteiger charge is -2.09. The minimum Gasteiger partial charge on any atom is -0.481 e. The number of aliphatic carboxylic acids is 1. The Bertz CT molecular complexity index is 515. The Morgan fingerprint density at radius 3 is 2.60 bits per heavy atom. The minimum absolute atomic E-state index is 0.0108. The number of nitro benzene ring substituents is 1. The lowest BCUT2D eigenvalue weighted by atomic mass is 10.0. The van der Waals surface area contributed by atoms with Gasteiger partial charge in [-0.2, -0.15) is 0 Å².